The Kier molecular flexibility index (Phi) is 4.03. The minimum Gasteiger partial charge on any atom is -0.394 e. The van der Waals surface area contributed by atoms with Crippen LogP contribution in [0.4, 0.5) is 5.82 Å². The lowest BCUT2D eigenvalue weighted by molar-refractivity contribution is -0.389. The topological polar surface area (TPSA) is 145 Å². The highest BCUT2D eigenvalue weighted by Crippen LogP contribution is 2.36. The van der Waals surface area contributed by atoms with Crippen molar-refractivity contribution in [3.8, 4) is 0 Å². The Hall–Kier alpha value is -2.79. The second-order valence-corrected chi connectivity index (χ2v) is 5.53. The van der Waals surface area contributed by atoms with Crippen LogP contribution in [-0.4, -0.2) is 41.8 Å². The summed E-state index contributed by atoms with van der Waals surface area (Å²) in [7, 11) is 0. The SMILES string of the molecule is Cc1cn([C@@H]2C[C@H](n3cnc([N+](=O)[O-])c3)[C@@H](CO)O2)c(=O)[nH]c1=O. The van der Waals surface area contributed by atoms with Gasteiger partial charge in [0.2, 0.25) is 6.33 Å². The lowest BCUT2D eigenvalue weighted by Gasteiger charge is -2.15. The summed E-state index contributed by atoms with van der Waals surface area (Å²) in [5, 5.41) is 20.3. The van der Waals surface area contributed by atoms with Crippen LogP contribution in [0.3, 0.4) is 0 Å². The molecule has 2 aromatic rings. The standard InChI is InChI=1S/C13H15N5O6/c1-7-3-17(13(21)15-12(7)20)11-2-8(9(5-19)24-11)16-4-10(14-6-16)18(22)23/h3-4,6,8-9,11,19H,2,5H2,1H3,(H,15,20,21)/t8-,9+,11-/m0/s1. The summed E-state index contributed by atoms with van der Waals surface area (Å²) in [5.41, 5.74) is -0.750. The number of hydrogen-bond acceptors (Lipinski definition) is 7. The van der Waals surface area contributed by atoms with E-state index in [0.717, 1.165) is 0 Å². The molecule has 0 saturated carbocycles. The molecule has 11 heteroatoms. The van der Waals surface area contributed by atoms with E-state index in [4.69, 9.17) is 4.74 Å². The molecule has 24 heavy (non-hydrogen) atoms. The summed E-state index contributed by atoms with van der Waals surface area (Å²) in [6, 6.07) is -0.430. The highest BCUT2D eigenvalue weighted by molar-refractivity contribution is 5.14. The lowest BCUT2D eigenvalue weighted by Crippen LogP contribution is -2.33. The van der Waals surface area contributed by atoms with E-state index in [1.807, 2.05) is 0 Å². The van der Waals surface area contributed by atoms with Crippen molar-refractivity contribution in [3.63, 3.8) is 0 Å². The maximum absolute atomic E-state index is 12.0. The van der Waals surface area contributed by atoms with E-state index in [-0.39, 0.29) is 18.8 Å². The molecule has 0 aliphatic carbocycles. The van der Waals surface area contributed by atoms with Crippen LogP contribution in [0.2, 0.25) is 0 Å². The Balaban J connectivity index is 1.92. The first-order chi connectivity index (χ1) is 11.4. The van der Waals surface area contributed by atoms with Crippen molar-refractivity contribution in [2.24, 2.45) is 0 Å². The average Bonchev–Trinajstić information content (AvgIpc) is 3.17. The van der Waals surface area contributed by atoms with Crippen LogP contribution in [0.1, 0.15) is 24.3 Å². The zero-order valence-corrected chi connectivity index (χ0v) is 12.7. The molecule has 0 aromatic carbocycles. The van der Waals surface area contributed by atoms with Crippen LogP contribution in [-0.2, 0) is 4.74 Å². The number of nitrogens with zero attached hydrogens (tertiary/aromatic N) is 4. The molecule has 11 nitrogen and oxygen atoms in total. The van der Waals surface area contributed by atoms with E-state index in [2.05, 4.69) is 9.97 Å². The van der Waals surface area contributed by atoms with E-state index in [1.54, 1.807) is 6.92 Å². The number of nitro groups is 1. The molecular formula is C13H15N5O6. The van der Waals surface area contributed by atoms with Gasteiger partial charge in [-0.2, -0.15) is 0 Å². The van der Waals surface area contributed by atoms with Gasteiger partial charge < -0.3 is 24.5 Å². The Bertz CT molecular complexity index is 883. The summed E-state index contributed by atoms with van der Waals surface area (Å²) in [6.07, 6.45) is 2.83. The summed E-state index contributed by atoms with van der Waals surface area (Å²) in [5.74, 6) is -0.313. The molecule has 0 radical (unpaired) electrons. The van der Waals surface area contributed by atoms with Crippen molar-refractivity contribution in [2.45, 2.75) is 31.7 Å². The normalized spacial score (nSPS) is 23.5. The van der Waals surface area contributed by atoms with Crippen LogP contribution in [0.5, 0.6) is 0 Å². The quantitative estimate of drug-likeness (QED) is 0.563. The number of aromatic nitrogens is 4. The van der Waals surface area contributed by atoms with Gasteiger partial charge >= 0.3 is 11.5 Å². The van der Waals surface area contributed by atoms with Gasteiger partial charge in [0.05, 0.1) is 12.6 Å². The highest BCUT2D eigenvalue weighted by Gasteiger charge is 2.38. The van der Waals surface area contributed by atoms with Gasteiger partial charge in [0, 0.05) is 18.2 Å². The van der Waals surface area contributed by atoms with Crippen LogP contribution < -0.4 is 11.2 Å². The minimum absolute atomic E-state index is 0.282. The third kappa shape index (κ3) is 2.74. The van der Waals surface area contributed by atoms with Crippen molar-refractivity contribution in [1.29, 1.82) is 0 Å². The molecule has 3 atom stereocenters. The van der Waals surface area contributed by atoms with Gasteiger partial charge in [0.25, 0.3) is 5.56 Å². The lowest BCUT2D eigenvalue weighted by atomic mass is 10.1. The number of aliphatic hydroxyl groups is 1. The summed E-state index contributed by atoms with van der Waals surface area (Å²) in [4.78, 5) is 39.4. The number of nitrogens with one attached hydrogen (secondary N) is 1. The second-order valence-electron chi connectivity index (χ2n) is 5.53. The number of aromatic amines is 1. The Morgan fingerprint density at radius 3 is 2.88 bits per heavy atom. The third-order valence-electron chi connectivity index (χ3n) is 4.00. The van der Waals surface area contributed by atoms with Gasteiger partial charge in [-0.3, -0.25) is 14.3 Å². The zero-order valence-electron chi connectivity index (χ0n) is 12.7. The van der Waals surface area contributed by atoms with Crippen molar-refractivity contribution in [3.05, 3.63) is 55.2 Å². The molecule has 1 saturated heterocycles. The minimum atomic E-state index is -0.711. The maximum Gasteiger partial charge on any atom is 0.381 e. The van der Waals surface area contributed by atoms with Crippen LogP contribution in [0.25, 0.3) is 0 Å². The van der Waals surface area contributed by atoms with Gasteiger partial charge in [-0.05, 0) is 16.8 Å². The highest BCUT2D eigenvalue weighted by atomic mass is 16.6. The van der Waals surface area contributed by atoms with Crippen molar-refractivity contribution in [1.82, 2.24) is 19.1 Å². The van der Waals surface area contributed by atoms with Crippen molar-refractivity contribution in [2.75, 3.05) is 6.61 Å². The Morgan fingerprint density at radius 2 is 2.25 bits per heavy atom. The van der Waals surface area contributed by atoms with Gasteiger partial charge in [-0.1, -0.05) is 0 Å². The van der Waals surface area contributed by atoms with Crippen LogP contribution in [0, 0.1) is 17.0 Å². The number of ether oxygens (including phenoxy) is 1. The van der Waals surface area contributed by atoms with Crippen molar-refractivity contribution >= 4 is 5.82 Å². The van der Waals surface area contributed by atoms with E-state index >= 15 is 0 Å². The molecule has 2 N–H and O–H groups in total. The van der Waals surface area contributed by atoms with Crippen LogP contribution >= 0.6 is 0 Å². The number of aryl methyl sites for hydroxylation is 1. The second kappa shape index (κ2) is 6.02. The molecule has 2 aromatic heterocycles. The maximum atomic E-state index is 12.0. The molecule has 1 aliphatic heterocycles. The first-order valence-electron chi connectivity index (χ1n) is 7.17. The fourth-order valence-corrected chi connectivity index (χ4v) is 2.77. The monoisotopic (exact) mass is 337 g/mol. The molecule has 0 unspecified atom stereocenters. The molecule has 3 heterocycles. The fourth-order valence-electron chi connectivity index (χ4n) is 2.77. The first-order valence-corrected chi connectivity index (χ1v) is 7.17. The molecule has 128 valence electrons. The van der Waals surface area contributed by atoms with Gasteiger partial charge in [0.1, 0.15) is 18.5 Å². The van der Waals surface area contributed by atoms with Gasteiger partial charge in [0.15, 0.2) is 0 Å². The van der Waals surface area contributed by atoms with E-state index in [0.29, 0.717) is 5.56 Å². The molecule has 1 fully saturated rings. The van der Waals surface area contributed by atoms with Crippen molar-refractivity contribution < 1.29 is 14.8 Å². The molecule has 0 bridgehead atoms. The average molecular weight is 337 g/mol. The number of aliphatic hydroxyl groups excluding tert-OH is 1. The number of imidazole rings is 1. The Labute approximate surface area is 134 Å². The van der Waals surface area contributed by atoms with Gasteiger partial charge in [-0.25, -0.2) is 4.79 Å². The summed E-state index contributed by atoms with van der Waals surface area (Å²) < 4.78 is 8.41. The molecule has 0 spiro atoms. The van der Waals surface area contributed by atoms with E-state index in [9.17, 15) is 24.8 Å². The Morgan fingerprint density at radius 1 is 1.50 bits per heavy atom. The zero-order chi connectivity index (χ0) is 17.4. The van der Waals surface area contributed by atoms with E-state index in [1.165, 1.54) is 27.9 Å². The summed E-state index contributed by atoms with van der Waals surface area (Å²) >= 11 is 0. The number of H-pyrrole nitrogens is 1. The van der Waals surface area contributed by atoms with Crippen LogP contribution in [0.15, 0.2) is 28.3 Å². The molecule has 0 amide bonds. The molecular weight excluding hydrogens is 322 g/mol. The summed E-state index contributed by atoms with van der Waals surface area (Å²) in [6.45, 7) is 1.23. The predicted octanol–water partition coefficient (Wildman–Crippen LogP) is -0.529. The van der Waals surface area contributed by atoms with E-state index < -0.39 is 34.5 Å². The first kappa shape index (κ1) is 16.1. The fraction of sp³-hybridized carbons (Fsp3) is 0.462. The largest absolute Gasteiger partial charge is 0.394 e. The number of hydrogen-bond donors (Lipinski definition) is 2. The smallest absolute Gasteiger partial charge is 0.381 e. The predicted molar refractivity (Wildman–Crippen MR) is 79.6 cm³/mol. The molecule has 3 rings (SSSR count). The number of rotatable bonds is 4. The van der Waals surface area contributed by atoms with Gasteiger partial charge in [-0.15, -0.1) is 0 Å². The molecule has 1 aliphatic rings. The third-order valence-corrected chi connectivity index (χ3v) is 4.00.